The van der Waals surface area contributed by atoms with Crippen LogP contribution in [0.5, 0.6) is 0 Å². The van der Waals surface area contributed by atoms with Gasteiger partial charge in [-0.15, -0.1) is 22.7 Å². The highest BCUT2D eigenvalue weighted by Crippen LogP contribution is 2.63. The van der Waals surface area contributed by atoms with Crippen LogP contribution in [0, 0.1) is 27.7 Å². The molecule has 0 saturated carbocycles. The molecule has 2 aromatic heterocycles. The predicted octanol–water partition coefficient (Wildman–Crippen LogP) is 10.8. The van der Waals surface area contributed by atoms with Crippen LogP contribution in [0.2, 0.25) is 0 Å². The summed E-state index contributed by atoms with van der Waals surface area (Å²) in [7, 11) is 0. The Hall–Kier alpha value is -3.46. The predicted molar refractivity (Wildman–Crippen MR) is 158 cm³/mol. The molecule has 0 radical (unpaired) electrons. The summed E-state index contributed by atoms with van der Waals surface area (Å²) in [5, 5.41) is 2.91. The zero-order chi connectivity index (χ0) is 24.3. The molecule has 8 rings (SSSR count). The molecule has 2 aliphatic carbocycles. The van der Waals surface area contributed by atoms with Crippen molar-refractivity contribution >= 4 is 33.4 Å². The van der Waals surface area contributed by atoms with Gasteiger partial charge in [-0.25, -0.2) is 0 Å². The van der Waals surface area contributed by atoms with Crippen molar-refractivity contribution in [2.24, 2.45) is 0 Å². The van der Waals surface area contributed by atoms with Crippen LogP contribution in [-0.4, -0.2) is 0 Å². The zero-order valence-corrected chi connectivity index (χ0v) is 22.4. The van der Waals surface area contributed by atoms with E-state index in [-0.39, 0.29) is 0 Å². The average Bonchev–Trinajstić information content (AvgIpc) is 3.57. The van der Waals surface area contributed by atoms with E-state index in [0.717, 1.165) is 0 Å². The quantitative estimate of drug-likeness (QED) is 0.223. The van der Waals surface area contributed by atoms with Crippen LogP contribution in [-0.2, 0) is 0 Å². The van der Waals surface area contributed by atoms with E-state index in [4.69, 9.17) is 0 Å². The second kappa shape index (κ2) is 7.06. The van der Waals surface area contributed by atoms with Gasteiger partial charge in [0, 0.05) is 52.9 Å². The minimum atomic E-state index is 1.31. The maximum atomic E-state index is 2.40. The molecule has 2 heterocycles. The van der Waals surface area contributed by atoms with Crippen LogP contribution in [0.4, 0.5) is 0 Å². The van der Waals surface area contributed by atoms with Crippen molar-refractivity contribution in [3.8, 4) is 65.4 Å². The molecule has 0 amide bonds. The van der Waals surface area contributed by atoms with Gasteiger partial charge < -0.3 is 0 Å². The van der Waals surface area contributed by atoms with Gasteiger partial charge >= 0.3 is 0 Å². The van der Waals surface area contributed by atoms with Gasteiger partial charge in [-0.05, 0) is 60.7 Å². The third kappa shape index (κ3) is 2.53. The van der Waals surface area contributed by atoms with Gasteiger partial charge in [0.05, 0.1) is 0 Å². The number of aryl methyl sites for hydroxylation is 4. The van der Waals surface area contributed by atoms with Crippen molar-refractivity contribution in [3.05, 3.63) is 93.7 Å². The van der Waals surface area contributed by atoms with Crippen molar-refractivity contribution in [1.29, 1.82) is 0 Å². The Kier molecular flexibility index (Phi) is 4.06. The molecule has 172 valence electrons. The lowest BCUT2D eigenvalue weighted by molar-refractivity contribution is 1.46. The highest BCUT2D eigenvalue weighted by molar-refractivity contribution is 7.17. The molecular weight excluding hydrogens is 473 g/mol. The summed E-state index contributed by atoms with van der Waals surface area (Å²) in [5.41, 5.74) is 16.6. The Morgan fingerprint density at radius 2 is 0.750 bits per heavy atom. The fourth-order valence-corrected chi connectivity index (χ4v) is 8.85. The summed E-state index contributed by atoms with van der Waals surface area (Å²) in [6, 6.07) is 27.7. The van der Waals surface area contributed by atoms with Gasteiger partial charge in [0.2, 0.25) is 0 Å². The Labute approximate surface area is 219 Å². The SMILES string of the molecule is Cc1ccc(-c2c(C)sc3c2-c2ccc4c5c(ccc-3c25)-c2sc(C)c(-c3ccc(C)cc3)c2-4)cc1. The van der Waals surface area contributed by atoms with Gasteiger partial charge in [0.15, 0.2) is 0 Å². The van der Waals surface area contributed by atoms with Crippen molar-refractivity contribution in [3.63, 3.8) is 0 Å². The second-order valence-corrected chi connectivity index (χ2v) is 12.7. The first kappa shape index (κ1) is 20.7. The minimum Gasteiger partial charge on any atom is -0.139 e. The topological polar surface area (TPSA) is 0 Å². The number of thiophene rings is 2. The van der Waals surface area contributed by atoms with E-state index in [2.05, 4.69) is 100 Å². The molecule has 0 atom stereocenters. The van der Waals surface area contributed by atoms with Crippen LogP contribution in [0.25, 0.3) is 76.2 Å². The van der Waals surface area contributed by atoms with Crippen molar-refractivity contribution in [1.82, 2.24) is 0 Å². The van der Waals surface area contributed by atoms with Crippen molar-refractivity contribution in [2.45, 2.75) is 27.7 Å². The number of hydrogen-bond donors (Lipinski definition) is 0. The number of hydrogen-bond acceptors (Lipinski definition) is 2. The molecule has 0 unspecified atom stereocenters. The van der Waals surface area contributed by atoms with E-state index < -0.39 is 0 Å². The lowest BCUT2D eigenvalue weighted by atomic mass is 9.92. The molecule has 0 aliphatic heterocycles. The maximum absolute atomic E-state index is 2.40. The van der Waals surface area contributed by atoms with Gasteiger partial charge in [-0.3, -0.25) is 0 Å². The van der Waals surface area contributed by atoms with Crippen molar-refractivity contribution in [2.75, 3.05) is 0 Å². The normalized spacial score (nSPS) is 12.4. The molecule has 0 fully saturated rings. The molecule has 2 heteroatoms. The summed E-state index contributed by atoms with van der Waals surface area (Å²) in [5.74, 6) is 0. The van der Waals surface area contributed by atoms with Crippen LogP contribution in [0.15, 0.2) is 72.8 Å². The molecule has 2 aliphatic rings. The Morgan fingerprint density at radius 1 is 0.389 bits per heavy atom. The van der Waals surface area contributed by atoms with Crippen LogP contribution in [0.3, 0.4) is 0 Å². The van der Waals surface area contributed by atoms with Crippen LogP contribution in [0.1, 0.15) is 20.9 Å². The van der Waals surface area contributed by atoms with Gasteiger partial charge in [-0.2, -0.15) is 0 Å². The van der Waals surface area contributed by atoms with Crippen LogP contribution >= 0.6 is 22.7 Å². The number of fused-ring (bicyclic) bond motifs is 6. The van der Waals surface area contributed by atoms with Crippen molar-refractivity contribution < 1.29 is 0 Å². The largest absolute Gasteiger partial charge is 0.139 e. The smallest absolute Gasteiger partial charge is 0.0437 e. The Balaban J connectivity index is 1.40. The van der Waals surface area contributed by atoms with Gasteiger partial charge in [-0.1, -0.05) is 83.9 Å². The fourth-order valence-electron chi connectivity index (χ4n) is 6.41. The lowest BCUT2D eigenvalue weighted by Gasteiger charge is -2.11. The molecule has 0 spiro atoms. The number of rotatable bonds is 2. The first-order valence-corrected chi connectivity index (χ1v) is 14.2. The maximum Gasteiger partial charge on any atom is 0.0437 e. The lowest BCUT2D eigenvalue weighted by Crippen LogP contribution is -1.85. The molecule has 0 N–H and O–H groups in total. The van der Waals surface area contributed by atoms with E-state index in [1.807, 2.05) is 22.7 Å². The molecule has 0 nitrogen and oxygen atoms in total. The Bertz CT molecular complexity index is 1750. The molecule has 0 bridgehead atoms. The molecule has 36 heavy (non-hydrogen) atoms. The third-order valence-electron chi connectivity index (χ3n) is 8.04. The van der Waals surface area contributed by atoms with Gasteiger partial charge in [0.25, 0.3) is 0 Å². The standard InChI is InChI=1S/C34H24S2/c1-17-5-9-21(10-6-17)27-19(3)35-33-25-15-16-26-30-24(14-13-23(29(25)30)31(27)33)32-28(20(4)36-34(26)32)22-11-7-18(2)8-12-22/h5-16H,1-4H3. The Morgan fingerprint density at radius 3 is 1.14 bits per heavy atom. The summed E-state index contributed by atoms with van der Waals surface area (Å²) < 4.78 is 0. The zero-order valence-electron chi connectivity index (χ0n) is 20.7. The molecule has 6 aromatic rings. The second-order valence-electron chi connectivity index (χ2n) is 10.3. The molecule has 4 aromatic carbocycles. The summed E-state index contributed by atoms with van der Waals surface area (Å²) in [6.07, 6.45) is 0. The molecular formula is C34H24S2. The summed E-state index contributed by atoms with van der Waals surface area (Å²) in [6.45, 7) is 8.89. The highest BCUT2D eigenvalue weighted by Gasteiger charge is 2.35. The van der Waals surface area contributed by atoms with E-state index in [1.165, 1.54) is 97.0 Å². The highest BCUT2D eigenvalue weighted by atomic mass is 32.1. The summed E-state index contributed by atoms with van der Waals surface area (Å²) in [4.78, 5) is 5.68. The van der Waals surface area contributed by atoms with Gasteiger partial charge in [0.1, 0.15) is 0 Å². The van der Waals surface area contributed by atoms with E-state index in [1.54, 1.807) is 0 Å². The molecule has 0 saturated heterocycles. The first-order chi connectivity index (χ1) is 17.5. The van der Waals surface area contributed by atoms with E-state index in [0.29, 0.717) is 0 Å². The fraction of sp³-hybridized carbons (Fsp3) is 0.118. The van der Waals surface area contributed by atoms with E-state index in [9.17, 15) is 0 Å². The van der Waals surface area contributed by atoms with Crippen LogP contribution < -0.4 is 0 Å². The average molecular weight is 497 g/mol. The third-order valence-corrected chi connectivity index (χ3v) is 10.3. The monoisotopic (exact) mass is 496 g/mol. The number of benzene rings is 4. The first-order valence-electron chi connectivity index (χ1n) is 12.5. The summed E-state index contributed by atoms with van der Waals surface area (Å²) >= 11 is 3.91. The van der Waals surface area contributed by atoms with E-state index >= 15 is 0 Å². The minimum absolute atomic E-state index is 1.31.